The van der Waals surface area contributed by atoms with Crippen LogP contribution in [0, 0.1) is 12.8 Å². The second-order valence-electron chi connectivity index (χ2n) is 3.01. The van der Waals surface area contributed by atoms with E-state index in [0.717, 1.165) is 12.8 Å². The van der Waals surface area contributed by atoms with E-state index in [-0.39, 0.29) is 0 Å². The molecule has 1 aliphatic carbocycles. The number of hydrogen-bond donors (Lipinski definition) is 0. The summed E-state index contributed by atoms with van der Waals surface area (Å²) in [6, 6.07) is 0. The van der Waals surface area contributed by atoms with Gasteiger partial charge in [-0.3, -0.25) is 0 Å². The van der Waals surface area contributed by atoms with Gasteiger partial charge in [-0.1, -0.05) is 24.6 Å². The molecule has 0 heteroatoms. The van der Waals surface area contributed by atoms with Crippen molar-refractivity contribution in [3.05, 3.63) is 30.2 Å². The summed E-state index contributed by atoms with van der Waals surface area (Å²) in [4.78, 5) is 0. The molecular weight excluding hydrogens is 120 g/mol. The number of allylic oxidation sites excluding steroid dienone is 4. The van der Waals surface area contributed by atoms with E-state index in [9.17, 15) is 0 Å². The molecule has 0 saturated carbocycles. The van der Waals surface area contributed by atoms with Gasteiger partial charge in [-0.15, -0.1) is 0 Å². The predicted molar refractivity (Wildman–Crippen MR) is 45.6 cm³/mol. The van der Waals surface area contributed by atoms with Crippen LogP contribution in [0.15, 0.2) is 23.3 Å². The zero-order valence-electron chi connectivity index (χ0n) is 6.85. The first-order valence-electron chi connectivity index (χ1n) is 3.93. The van der Waals surface area contributed by atoms with E-state index >= 15 is 0 Å². The molecule has 0 aromatic rings. The Morgan fingerprint density at radius 3 is 2.80 bits per heavy atom. The van der Waals surface area contributed by atoms with Crippen molar-refractivity contribution in [3.8, 4) is 0 Å². The Morgan fingerprint density at radius 1 is 1.60 bits per heavy atom. The highest BCUT2D eigenvalue weighted by Gasteiger charge is 2.16. The Morgan fingerprint density at radius 2 is 2.30 bits per heavy atom. The summed E-state index contributed by atoms with van der Waals surface area (Å²) in [7, 11) is 0. The van der Waals surface area contributed by atoms with Crippen molar-refractivity contribution in [1.29, 1.82) is 0 Å². The van der Waals surface area contributed by atoms with Gasteiger partial charge in [-0.2, -0.15) is 0 Å². The maximum atomic E-state index is 4.09. The van der Waals surface area contributed by atoms with Crippen molar-refractivity contribution in [2.45, 2.75) is 26.7 Å². The third kappa shape index (κ3) is 1.44. The molecule has 1 atom stereocenters. The first-order valence-corrected chi connectivity index (χ1v) is 3.93. The summed E-state index contributed by atoms with van der Waals surface area (Å²) < 4.78 is 0. The summed E-state index contributed by atoms with van der Waals surface area (Å²) in [5, 5.41) is 0. The molecule has 0 aliphatic heterocycles. The van der Waals surface area contributed by atoms with Crippen LogP contribution >= 0.6 is 0 Å². The predicted octanol–water partition coefficient (Wildman–Crippen LogP) is 3.12. The molecule has 0 saturated heterocycles. The molecule has 0 aromatic carbocycles. The molecule has 0 N–H and O–H groups in total. The average molecular weight is 135 g/mol. The SMILES string of the molecule is [CH2+]C1CC(C)=CC=C1CC. The molecule has 1 unspecified atom stereocenters. The quantitative estimate of drug-likeness (QED) is 0.484. The summed E-state index contributed by atoms with van der Waals surface area (Å²) in [5.41, 5.74) is 2.95. The summed E-state index contributed by atoms with van der Waals surface area (Å²) in [6.45, 7) is 8.45. The van der Waals surface area contributed by atoms with Gasteiger partial charge in [-0.25, -0.2) is 0 Å². The highest BCUT2D eigenvalue weighted by molar-refractivity contribution is 5.25. The highest BCUT2D eigenvalue weighted by atomic mass is 14.2. The Balaban J connectivity index is 2.71. The summed E-state index contributed by atoms with van der Waals surface area (Å²) in [6.07, 6.45) is 6.73. The molecule has 0 fully saturated rings. The van der Waals surface area contributed by atoms with Gasteiger partial charge in [0.1, 0.15) is 5.92 Å². The lowest BCUT2D eigenvalue weighted by molar-refractivity contribution is 0.700. The van der Waals surface area contributed by atoms with E-state index < -0.39 is 0 Å². The lowest BCUT2D eigenvalue weighted by Gasteiger charge is -2.12. The van der Waals surface area contributed by atoms with Crippen molar-refractivity contribution < 1.29 is 0 Å². The van der Waals surface area contributed by atoms with E-state index in [4.69, 9.17) is 0 Å². The molecular formula is C10H15+. The Bertz CT molecular complexity index is 172. The minimum atomic E-state index is 0.537. The Labute approximate surface area is 63.6 Å². The molecule has 0 bridgehead atoms. The number of rotatable bonds is 1. The van der Waals surface area contributed by atoms with Crippen LogP contribution in [0.4, 0.5) is 0 Å². The molecule has 10 heavy (non-hydrogen) atoms. The van der Waals surface area contributed by atoms with Gasteiger partial charge in [-0.05, 0) is 18.9 Å². The van der Waals surface area contributed by atoms with Crippen LogP contribution in [0.3, 0.4) is 0 Å². The first kappa shape index (κ1) is 7.46. The van der Waals surface area contributed by atoms with Crippen molar-refractivity contribution in [1.82, 2.24) is 0 Å². The summed E-state index contributed by atoms with van der Waals surface area (Å²) >= 11 is 0. The lowest BCUT2D eigenvalue weighted by Crippen LogP contribution is -2.03. The Kier molecular flexibility index (Phi) is 2.21. The van der Waals surface area contributed by atoms with Crippen LogP contribution in [-0.4, -0.2) is 0 Å². The second-order valence-corrected chi connectivity index (χ2v) is 3.01. The van der Waals surface area contributed by atoms with Crippen LogP contribution in [0.25, 0.3) is 0 Å². The zero-order chi connectivity index (χ0) is 7.56. The molecule has 0 amide bonds. The van der Waals surface area contributed by atoms with Gasteiger partial charge < -0.3 is 0 Å². The maximum absolute atomic E-state index is 4.09. The van der Waals surface area contributed by atoms with E-state index in [1.807, 2.05) is 0 Å². The van der Waals surface area contributed by atoms with Crippen LogP contribution in [0.2, 0.25) is 0 Å². The molecule has 0 heterocycles. The topological polar surface area (TPSA) is 0 Å². The lowest BCUT2D eigenvalue weighted by atomic mass is 9.88. The van der Waals surface area contributed by atoms with Gasteiger partial charge in [0.25, 0.3) is 0 Å². The van der Waals surface area contributed by atoms with Crippen molar-refractivity contribution in [2.75, 3.05) is 0 Å². The maximum Gasteiger partial charge on any atom is 0.120 e. The van der Waals surface area contributed by atoms with Crippen LogP contribution in [-0.2, 0) is 0 Å². The molecule has 1 rings (SSSR count). The molecule has 0 spiro atoms. The van der Waals surface area contributed by atoms with E-state index in [0.29, 0.717) is 5.92 Å². The molecule has 0 aromatic heterocycles. The molecule has 0 radical (unpaired) electrons. The van der Waals surface area contributed by atoms with Crippen LogP contribution < -0.4 is 0 Å². The van der Waals surface area contributed by atoms with E-state index in [1.54, 1.807) is 0 Å². The fourth-order valence-corrected chi connectivity index (χ4v) is 1.38. The normalized spacial score (nSPS) is 25.6. The van der Waals surface area contributed by atoms with Crippen molar-refractivity contribution >= 4 is 0 Å². The second kappa shape index (κ2) is 2.96. The third-order valence-corrected chi connectivity index (χ3v) is 2.08. The molecule has 54 valence electrons. The third-order valence-electron chi connectivity index (χ3n) is 2.08. The standard InChI is InChI=1S/C10H15/c1-4-10-6-5-8(2)7-9(10)3/h5-6,9H,3-4,7H2,1-2H3/q+1. The molecule has 0 nitrogen and oxygen atoms in total. The zero-order valence-corrected chi connectivity index (χ0v) is 6.85. The van der Waals surface area contributed by atoms with E-state index in [1.165, 1.54) is 11.1 Å². The Hall–Kier alpha value is -0.650. The fraction of sp³-hybridized carbons (Fsp3) is 0.500. The minimum Gasteiger partial charge on any atom is -0.0684 e. The van der Waals surface area contributed by atoms with Gasteiger partial charge >= 0.3 is 0 Å². The van der Waals surface area contributed by atoms with Gasteiger partial charge in [0.05, 0.1) is 6.92 Å². The smallest absolute Gasteiger partial charge is 0.0684 e. The highest BCUT2D eigenvalue weighted by Crippen LogP contribution is 2.25. The monoisotopic (exact) mass is 135 g/mol. The first-order chi connectivity index (χ1) is 4.74. The number of hydrogen-bond acceptors (Lipinski definition) is 0. The molecule has 1 aliphatic rings. The largest absolute Gasteiger partial charge is 0.120 e. The fourth-order valence-electron chi connectivity index (χ4n) is 1.38. The van der Waals surface area contributed by atoms with E-state index in [2.05, 4.69) is 32.9 Å². The van der Waals surface area contributed by atoms with Crippen LogP contribution in [0.5, 0.6) is 0 Å². The summed E-state index contributed by atoms with van der Waals surface area (Å²) in [5.74, 6) is 0.537. The van der Waals surface area contributed by atoms with Crippen LogP contribution in [0.1, 0.15) is 26.7 Å². The van der Waals surface area contributed by atoms with Gasteiger partial charge in [0, 0.05) is 6.42 Å². The van der Waals surface area contributed by atoms with Crippen molar-refractivity contribution in [2.24, 2.45) is 5.92 Å². The minimum absolute atomic E-state index is 0.537. The van der Waals surface area contributed by atoms with Crippen molar-refractivity contribution in [3.63, 3.8) is 0 Å². The van der Waals surface area contributed by atoms with Gasteiger partial charge in [0.2, 0.25) is 0 Å². The average Bonchev–Trinajstić information content (AvgIpc) is 1.88. The van der Waals surface area contributed by atoms with Gasteiger partial charge in [0.15, 0.2) is 0 Å².